The summed E-state index contributed by atoms with van der Waals surface area (Å²) in [6, 6.07) is 7.23. The first kappa shape index (κ1) is 20.3. The van der Waals surface area contributed by atoms with E-state index in [1.165, 1.54) is 4.31 Å². The second-order valence-electron chi connectivity index (χ2n) is 7.49. The van der Waals surface area contributed by atoms with Crippen LogP contribution in [0, 0.1) is 5.92 Å². The van der Waals surface area contributed by atoms with Crippen LogP contribution >= 0.6 is 0 Å². The number of benzene rings is 1. The number of piperazine rings is 1. The summed E-state index contributed by atoms with van der Waals surface area (Å²) in [6.07, 6.45) is 2.55. The van der Waals surface area contributed by atoms with Gasteiger partial charge in [0.15, 0.2) is 0 Å². The van der Waals surface area contributed by atoms with Crippen LogP contribution in [0.1, 0.15) is 44.6 Å². The third-order valence-corrected chi connectivity index (χ3v) is 7.73. The summed E-state index contributed by atoms with van der Waals surface area (Å²) < 4.78 is 32.7. The second-order valence-corrected chi connectivity index (χ2v) is 9.43. The molecule has 1 amide bonds. The summed E-state index contributed by atoms with van der Waals surface area (Å²) in [6.45, 7) is 7.15. The zero-order chi connectivity index (χ0) is 19.4. The van der Waals surface area contributed by atoms with E-state index >= 15 is 0 Å². The lowest BCUT2D eigenvalue weighted by molar-refractivity contribution is -0.139. The largest absolute Gasteiger partial charge is 0.381 e. The Labute approximate surface area is 162 Å². The highest BCUT2D eigenvalue weighted by Gasteiger charge is 2.33. The number of hydrogen-bond donors (Lipinski definition) is 0. The number of nitrogens with zero attached hydrogens (tertiary/aromatic N) is 2. The van der Waals surface area contributed by atoms with Crippen LogP contribution in [0.4, 0.5) is 0 Å². The summed E-state index contributed by atoms with van der Waals surface area (Å²) in [5.41, 5.74) is 1.16. The maximum atomic E-state index is 12.9. The third-order valence-electron chi connectivity index (χ3n) is 5.82. The molecule has 0 aliphatic carbocycles. The van der Waals surface area contributed by atoms with E-state index in [-0.39, 0.29) is 11.8 Å². The van der Waals surface area contributed by atoms with E-state index in [4.69, 9.17) is 4.74 Å². The van der Waals surface area contributed by atoms with Gasteiger partial charge in [0.2, 0.25) is 15.9 Å². The van der Waals surface area contributed by atoms with Gasteiger partial charge in [0, 0.05) is 45.3 Å². The van der Waals surface area contributed by atoms with Crippen molar-refractivity contribution in [3.63, 3.8) is 0 Å². The Kier molecular flexibility index (Phi) is 6.55. The van der Waals surface area contributed by atoms with Gasteiger partial charge in [-0.15, -0.1) is 0 Å². The lowest BCUT2D eigenvalue weighted by Crippen LogP contribution is -2.52. The van der Waals surface area contributed by atoms with Crippen LogP contribution in [0.15, 0.2) is 29.2 Å². The molecular weight excluding hydrogens is 364 g/mol. The predicted molar refractivity (Wildman–Crippen MR) is 104 cm³/mol. The highest BCUT2D eigenvalue weighted by atomic mass is 32.2. The molecule has 150 valence electrons. The Morgan fingerprint density at radius 2 is 1.70 bits per heavy atom. The first-order valence-electron chi connectivity index (χ1n) is 9.90. The second kappa shape index (κ2) is 8.71. The van der Waals surface area contributed by atoms with Gasteiger partial charge >= 0.3 is 0 Å². The summed E-state index contributed by atoms with van der Waals surface area (Å²) in [5, 5.41) is 0. The molecule has 0 bridgehead atoms. The molecule has 2 fully saturated rings. The summed E-state index contributed by atoms with van der Waals surface area (Å²) >= 11 is 0. The molecule has 0 spiro atoms. The average Bonchev–Trinajstić information content (AvgIpc) is 2.73. The number of amides is 1. The van der Waals surface area contributed by atoms with Crippen LogP contribution in [0.5, 0.6) is 0 Å². The molecule has 2 heterocycles. The van der Waals surface area contributed by atoms with Gasteiger partial charge in [0.05, 0.1) is 4.90 Å². The van der Waals surface area contributed by atoms with Crippen molar-refractivity contribution in [1.29, 1.82) is 0 Å². The Hall–Kier alpha value is -1.44. The van der Waals surface area contributed by atoms with Crippen LogP contribution in [0.25, 0.3) is 0 Å². The number of sulfonamides is 1. The molecule has 0 radical (unpaired) electrons. The highest BCUT2D eigenvalue weighted by molar-refractivity contribution is 7.89. The van der Waals surface area contributed by atoms with Crippen LogP contribution in [-0.4, -0.2) is 62.9 Å². The first-order chi connectivity index (χ1) is 12.9. The Morgan fingerprint density at radius 3 is 2.26 bits per heavy atom. The van der Waals surface area contributed by atoms with Crippen molar-refractivity contribution in [2.45, 2.75) is 43.9 Å². The molecular formula is C20H30N2O4S. The molecule has 27 heavy (non-hydrogen) atoms. The molecule has 2 aliphatic heterocycles. The fourth-order valence-electron chi connectivity index (χ4n) is 3.70. The zero-order valence-electron chi connectivity index (χ0n) is 16.3. The van der Waals surface area contributed by atoms with Crippen molar-refractivity contribution in [3.05, 3.63) is 29.8 Å². The predicted octanol–water partition coefficient (Wildman–Crippen LogP) is 2.46. The molecule has 1 aromatic carbocycles. The van der Waals surface area contributed by atoms with Gasteiger partial charge in [-0.1, -0.05) is 26.0 Å². The van der Waals surface area contributed by atoms with Gasteiger partial charge in [0.25, 0.3) is 0 Å². The number of hydrogen-bond acceptors (Lipinski definition) is 4. The maximum absolute atomic E-state index is 12.9. The van der Waals surface area contributed by atoms with E-state index in [1.54, 1.807) is 12.1 Å². The molecule has 1 atom stereocenters. The van der Waals surface area contributed by atoms with Crippen LogP contribution < -0.4 is 0 Å². The van der Waals surface area contributed by atoms with Gasteiger partial charge in [-0.2, -0.15) is 4.31 Å². The van der Waals surface area contributed by atoms with Crippen molar-refractivity contribution < 1.29 is 17.9 Å². The fraction of sp³-hybridized carbons (Fsp3) is 0.650. The molecule has 0 N–H and O–H groups in total. The topological polar surface area (TPSA) is 66.9 Å². The Balaban J connectivity index is 1.61. The minimum Gasteiger partial charge on any atom is -0.381 e. The van der Waals surface area contributed by atoms with Crippen molar-refractivity contribution >= 4 is 15.9 Å². The molecule has 0 aromatic heterocycles. The van der Waals surface area contributed by atoms with Gasteiger partial charge in [-0.05, 0) is 42.9 Å². The molecule has 1 unspecified atom stereocenters. The summed E-state index contributed by atoms with van der Waals surface area (Å²) in [7, 11) is -3.51. The number of ether oxygens (including phenoxy) is 1. The lowest BCUT2D eigenvalue weighted by atomic mass is 9.98. The standard InChI is InChI=1S/C20H30N2O4S/c1-3-16(2)17-4-6-19(7-5-17)27(24,25)22-12-10-21(11-13-22)20(23)18-8-14-26-15-9-18/h4-7,16,18H,3,8-15H2,1-2H3. The zero-order valence-corrected chi connectivity index (χ0v) is 17.1. The van der Waals surface area contributed by atoms with E-state index in [0.29, 0.717) is 50.2 Å². The number of carbonyl (C=O) groups is 1. The molecule has 6 nitrogen and oxygen atoms in total. The van der Waals surface area contributed by atoms with Gasteiger partial charge in [-0.25, -0.2) is 8.42 Å². The average molecular weight is 395 g/mol. The van der Waals surface area contributed by atoms with Gasteiger partial charge in [-0.3, -0.25) is 4.79 Å². The van der Waals surface area contributed by atoms with Crippen molar-refractivity contribution in [1.82, 2.24) is 9.21 Å². The fourth-order valence-corrected chi connectivity index (χ4v) is 5.13. The lowest BCUT2D eigenvalue weighted by Gasteiger charge is -2.36. The first-order valence-corrected chi connectivity index (χ1v) is 11.3. The monoisotopic (exact) mass is 394 g/mol. The third kappa shape index (κ3) is 4.52. The maximum Gasteiger partial charge on any atom is 0.243 e. The number of rotatable bonds is 5. The molecule has 2 saturated heterocycles. The summed E-state index contributed by atoms with van der Waals surface area (Å²) in [4.78, 5) is 14.8. The van der Waals surface area contributed by atoms with Gasteiger partial charge in [0.1, 0.15) is 0 Å². The minimum atomic E-state index is -3.51. The van der Waals surface area contributed by atoms with Crippen LogP contribution in [-0.2, 0) is 19.6 Å². The smallest absolute Gasteiger partial charge is 0.243 e. The van der Waals surface area contributed by atoms with Crippen LogP contribution in [0.3, 0.4) is 0 Å². The van der Waals surface area contributed by atoms with E-state index < -0.39 is 10.0 Å². The van der Waals surface area contributed by atoms with E-state index in [2.05, 4.69) is 13.8 Å². The van der Waals surface area contributed by atoms with E-state index in [1.807, 2.05) is 17.0 Å². The van der Waals surface area contributed by atoms with Crippen molar-refractivity contribution in [2.24, 2.45) is 5.92 Å². The SMILES string of the molecule is CCC(C)c1ccc(S(=O)(=O)N2CCN(C(=O)C3CCOCC3)CC2)cc1. The molecule has 2 aliphatic rings. The van der Waals surface area contributed by atoms with Gasteiger partial charge < -0.3 is 9.64 Å². The van der Waals surface area contributed by atoms with Crippen molar-refractivity contribution in [2.75, 3.05) is 39.4 Å². The van der Waals surface area contributed by atoms with Crippen molar-refractivity contribution in [3.8, 4) is 0 Å². The molecule has 0 saturated carbocycles. The Bertz CT molecular complexity index is 734. The highest BCUT2D eigenvalue weighted by Crippen LogP contribution is 2.24. The Morgan fingerprint density at radius 1 is 1.11 bits per heavy atom. The normalized spacial score (nSPS) is 21.2. The summed E-state index contributed by atoms with van der Waals surface area (Å²) in [5.74, 6) is 0.588. The van der Waals surface area contributed by atoms with Crippen LogP contribution in [0.2, 0.25) is 0 Å². The minimum absolute atomic E-state index is 0.0232. The molecule has 1 aromatic rings. The molecule has 3 rings (SSSR count). The van der Waals surface area contributed by atoms with E-state index in [9.17, 15) is 13.2 Å². The number of carbonyl (C=O) groups excluding carboxylic acids is 1. The molecule has 7 heteroatoms. The van der Waals surface area contributed by atoms with E-state index in [0.717, 1.165) is 24.8 Å². The quantitative estimate of drug-likeness (QED) is 0.769.